The smallest absolute Gasteiger partial charge is 0.163 e. The third-order valence-electron chi connectivity index (χ3n) is 10.9. The first-order chi connectivity index (χ1) is 25.6. The lowest BCUT2D eigenvalue weighted by Gasteiger charge is -2.29. The van der Waals surface area contributed by atoms with Crippen molar-refractivity contribution >= 4 is 43.6 Å². The number of hydrogen-bond donors (Lipinski definition) is 0. The van der Waals surface area contributed by atoms with E-state index >= 15 is 0 Å². The van der Waals surface area contributed by atoms with Gasteiger partial charge in [0.25, 0.3) is 0 Å². The number of para-hydroxylation sites is 3. The van der Waals surface area contributed by atoms with Crippen LogP contribution in [-0.2, 0) is 5.41 Å². The highest BCUT2D eigenvalue weighted by Crippen LogP contribution is 2.42. The summed E-state index contributed by atoms with van der Waals surface area (Å²) in [6.07, 6.45) is 4.62. The van der Waals surface area contributed by atoms with E-state index < -0.39 is 0 Å². The van der Waals surface area contributed by atoms with Crippen LogP contribution in [0.15, 0.2) is 158 Å². The molecule has 0 saturated heterocycles. The summed E-state index contributed by atoms with van der Waals surface area (Å²) in [5.41, 5.74) is 8.69. The number of benzene rings is 6. The fourth-order valence-electron chi connectivity index (χ4n) is 8.07. The van der Waals surface area contributed by atoms with Crippen LogP contribution in [0, 0.1) is 0 Å². The molecule has 0 unspecified atom stereocenters. The molecule has 5 heteroatoms. The van der Waals surface area contributed by atoms with Gasteiger partial charge in [-0.25, -0.2) is 15.0 Å². The van der Waals surface area contributed by atoms with Crippen LogP contribution in [-0.4, -0.2) is 24.1 Å². The molecular weight excluding hydrogens is 635 g/mol. The Morgan fingerprint density at radius 2 is 1.08 bits per heavy atom. The minimum Gasteiger partial charge on any atom is -0.309 e. The van der Waals surface area contributed by atoms with E-state index in [0.717, 1.165) is 47.6 Å². The van der Waals surface area contributed by atoms with Gasteiger partial charge < -0.3 is 9.13 Å². The maximum Gasteiger partial charge on any atom is 0.163 e. The molecule has 0 N–H and O–H groups in total. The van der Waals surface area contributed by atoms with Gasteiger partial charge in [0.05, 0.1) is 22.1 Å². The van der Waals surface area contributed by atoms with Gasteiger partial charge in [0, 0.05) is 49.5 Å². The SMILES string of the molecule is C=CCC(CC)(CC)c1nc(-c2ccccc2)nc(-c2ccc(-n3c4ccccc4c4ccc5c(c6ccccc6n5-c5ccccc5)c43)cc2)n1. The van der Waals surface area contributed by atoms with E-state index in [-0.39, 0.29) is 5.41 Å². The summed E-state index contributed by atoms with van der Waals surface area (Å²) >= 11 is 0. The van der Waals surface area contributed by atoms with Crippen LogP contribution >= 0.6 is 0 Å². The molecule has 0 aliphatic rings. The van der Waals surface area contributed by atoms with Crippen molar-refractivity contribution in [3.63, 3.8) is 0 Å². The molecular formula is C47H39N5. The molecule has 3 heterocycles. The molecule has 9 rings (SSSR count). The molecule has 0 amide bonds. The molecule has 0 aliphatic heterocycles. The van der Waals surface area contributed by atoms with Gasteiger partial charge in [0.15, 0.2) is 11.6 Å². The van der Waals surface area contributed by atoms with Gasteiger partial charge in [-0.05, 0) is 73.9 Å². The van der Waals surface area contributed by atoms with Crippen LogP contribution in [0.25, 0.3) is 77.8 Å². The van der Waals surface area contributed by atoms with Gasteiger partial charge in [-0.1, -0.05) is 111 Å². The number of nitrogens with zero attached hydrogens (tertiary/aromatic N) is 5. The van der Waals surface area contributed by atoms with Crippen molar-refractivity contribution in [2.24, 2.45) is 0 Å². The Labute approximate surface area is 303 Å². The van der Waals surface area contributed by atoms with Gasteiger partial charge in [-0.3, -0.25) is 0 Å². The molecule has 0 aliphatic carbocycles. The van der Waals surface area contributed by atoms with Crippen molar-refractivity contribution in [1.82, 2.24) is 24.1 Å². The van der Waals surface area contributed by atoms with Crippen molar-refractivity contribution < 1.29 is 0 Å². The fraction of sp³-hybridized carbons (Fsp3) is 0.128. The largest absolute Gasteiger partial charge is 0.309 e. The second-order valence-electron chi connectivity index (χ2n) is 13.6. The quantitative estimate of drug-likeness (QED) is 0.143. The van der Waals surface area contributed by atoms with Crippen LogP contribution in [0.4, 0.5) is 0 Å². The van der Waals surface area contributed by atoms with Crippen LogP contribution in [0.1, 0.15) is 38.9 Å². The number of rotatable bonds is 9. The van der Waals surface area contributed by atoms with Gasteiger partial charge >= 0.3 is 0 Å². The number of hydrogen-bond acceptors (Lipinski definition) is 3. The highest BCUT2D eigenvalue weighted by atomic mass is 15.1. The topological polar surface area (TPSA) is 48.5 Å². The van der Waals surface area contributed by atoms with Crippen molar-refractivity contribution in [2.75, 3.05) is 0 Å². The molecule has 52 heavy (non-hydrogen) atoms. The molecule has 9 aromatic rings. The molecule has 0 radical (unpaired) electrons. The third kappa shape index (κ3) is 4.96. The van der Waals surface area contributed by atoms with E-state index in [2.05, 4.69) is 157 Å². The summed E-state index contributed by atoms with van der Waals surface area (Å²) in [5, 5.41) is 4.93. The zero-order valence-electron chi connectivity index (χ0n) is 29.5. The lowest BCUT2D eigenvalue weighted by Crippen LogP contribution is -2.27. The standard InChI is InChI=1S/C47H39N5/c1-4-31-47(5-2,6-3)46-49-44(32-17-9-7-10-18-32)48-45(50-46)33-25-27-35(28-26-33)52-39-23-15-13-21-36(39)37-29-30-41-42(43(37)52)38-22-14-16-24-40(38)51(41)34-19-11-8-12-20-34/h4,7-30H,1,5-6,31H2,2-3H3. The average molecular weight is 674 g/mol. The summed E-state index contributed by atoms with van der Waals surface area (Å²) < 4.78 is 4.81. The Bertz CT molecular complexity index is 2730. The first kappa shape index (κ1) is 31.6. The Kier molecular flexibility index (Phi) is 7.77. The van der Waals surface area contributed by atoms with Crippen molar-refractivity contribution in [3.05, 3.63) is 164 Å². The third-order valence-corrected chi connectivity index (χ3v) is 10.9. The summed E-state index contributed by atoms with van der Waals surface area (Å²) in [6.45, 7) is 8.51. The predicted molar refractivity (Wildman–Crippen MR) is 216 cm³/mol. The molecule has 0 atom stereocenters. The van der Waals surface area contributed by atoms with E-state index in [1.807, 2.05) is 24.3 Å². The van der Waals surface area contributed by atoms with E-state index in [0.29, 0.717) is 11.6 Å². The number of aromatic nitrogens is 5. The molecule has 6 aromatic carbocycles. The maximum atomic E-state index is 5.18. The summed E-state index contributed by atoms with van der Waals surface area (Å²) in [5.74, 6) is 2.20. The number of allylic oxidation sites excluding steroid dienone is 1. The Balaban J connectivity index is 1.27. The van der Waals surface area contributed by atoms with E-state index in [4.69, 9.17) is 15.0 Å². The summed E-state index contributed by atoms with van der Waals surface area (Å²) in [7, 11) is 0. The van der Waals surface area contributed by atoms with Gasteiger partial charge in [-0.2, -0.15) is 0 Å². The van der Waals surface area contributed by atoms with E-state index in [1.165, 1.54) is 43.6 Å². The van der Waals surface area contributed by atoms with E-state index in [9.17, 15) is 0 Å². The molecule has 5 nitrogen and oxygen atoms in total. The van der Waals surface area contributed by atoms with Crippen molar-refractivity contribution in [3.8, 4) is 34.2 Å². The Morgan fingerprint density at radius 3 is 1.73 bits per heavy atom. The summed E-state index contributed by atoms with van der Waals surface area (Å²) in [6, 6.07) is 51.6. The van der Waals surface area contributed by atoms with E-state index in [1.54, 1.807) is 0 Å². The van der Waals surface area contributed by atoms with Gasteiger partial charge in [0.2, 0.25) is 0 Å². The lowest BCUT2D eigenvalue weighted by atomic mass is 9.78. The second kappa shape index (κ2) is 12.8. The molecule has 0 saturated carbocycles. The predicted octanol–water partition coefficient (Wildman–Crippen LogP) is 12.0. The number of fused-ring (bicyclic) bond motifs is 7. The minimum absolute atomic E-state index is 0.212. The average Bonchev–Trinajstić information content (AvgIpc) is 3.73. The zero-order valence-corrected chi connectivity index (χ0v) is 29.5. The molecule has 252 valence electrons. The van der Waals surface area contributed by atoms with Crippen LogP contribution < -0.4 is 0 Å². The highest BCUT2D eigenvalue weighted by molar-refractivity contribution is 6.26. The second-order valence-corrected chi connectivity index (χ2v) is 13.6. The first-order valence-corrected chi connectivity index (χ1v) is 18.2. The van der Waals surface area contributed by atoms with Crippen molar-refractivity contribution in [2.45, 2.75) is 38.5 Å². The molecule has 0 bridgehead atoms. The maximum absolute atomic E-state index is 5.18. The fourth-order valence-corrected chi connectivity index (χ4v) is 8.07. The van der Waals surface area contributed by atoms with Gasteiger partial charge in [-0.15, -0.1) is 6.58 Å². The first-order valence-electron chi connectivity index (χ1n) is 18.2. The normalized spacial score (nSPS) is 12.0. The molecule has 3 aromatic heterocycles. The Morgan fingerprint density at radius 1 is 0.519 bits per heavy atom. The Hall–Kier alpha value is -6.33. The molecule has 0 fully saturated rings. The lowest BCUT2D eigenvalue weighted by molar-refractivity contribution is 0.375. The minimum atomic E-state index is -0.212. The van der Waals surface area contributed by atoms with Crippen molar-refractivity contribution in [1.29, 1.82) is 0 Å². The highest BCUT2D eigenvalue weighted by Gasteiger charge is 2.32. The van der Waals surface area contributed by atoms with Gasteiger partial charge in [0.1, 0.15) is 5.82 Å². The molecule has 0 spiro atoms. The van der Waals surface area contributed by atoms with Crippen LogP contribution in [0.3, 0.4) is 0 Å². The van der Waals surface area contributed by atoms with Crippen LogP contribution in [0.5, 0.6) is 0 Å². The zero-order chi connectivity index (χ0) is 35.2. The monoisotopic (exact) mass is 673 g/mol. The van der Waals surface area contributed by atoms with Crippen LogP contribution in [0.2, 0.25) is 0 Å². The summed E-state index contributed by atoms with van der Waals surface area (Å²) in [4.78, 5) is 15.3.